The van der Waals surface area contributed by atoms with Gasteiger partial charge in [-0.15, -0.1) is 0 Å². The van der Waals surface area contributed by atoms with Crippen LogP contribution in [0.2, 0.25) is 0 Å². The Morgan fingerprint density at radius 1 is 1.46 bits per heavy atom. The van der Waals surface area contributed by atoms with Crippen molar-refractivity contribution in [2.75, 3.05) is 26.2 Å². The molecule has 78 valence electrons. The number of nitrogens with zero attached hydrogens (tertiary/aromatic N) is 1. The number of β-amino-alcohol motifs (C(OH)–C–C–N with tert-alkyl or cyclic N) is 1. The van der Waals surface area contributed by atoms with Gasteiger partial charge in [0.25, 0.3) is 0 Å². The Balaban J connectivity index is 2.29. The summed E-state index contributed by atoms with van der Waals surface area (Å²) in [5, 5.41) is 9.40. The number of piperidine rings is 1. The minimum absolute atomic E-state index is 0.347. The lowest BCUT2D eigenvalue weighted by atomic mass is 9.88. The quantitative estimate of drug-likeness (QED) is 0.666. The molecule has 1 saturated heterocycles. The third kappa shape index (κ3) is 3.25. The van der Waals surface area contributed by atoms with E-state index >= 15 is 0 Å². The van der Waals surface area contributed by atoms with Crippen LogP contribution >= 0.6 is 0 Å². The van der Waals surface area contributed by atoms with Crippen LogP contribution in [0.4, 0.5) is 0 Å². The van der Waals surface area contributed by atoms with E-state index in [1.807, 2.05) is 0 Å². The van der Waals surface area contributed by atoms with Crippen molar-refractivity contribution in [2.24, 2.45) is 17.6 Å². The first-order valence-corrected chi connectivity index (χ1v) is 5.24. The van der Waals surface area contributed by atoms with Crippen molar-refractivity contribution in [3.63, 3.8) is 0 Å². The predicted molar refractivity (Wildman–Crippen MR) is 54.4 cm³/mol. The van der Waals surface area contributed by atoms with Gasteiger partial charge in [-0.2, -0.15) is 0 Å². The highest BCUT2D eigenvalue weighted by Gasteiger charge is 2.23. The van der Waals surface area contributed by atoms with Gasteiger partial charge in [-0.3, -0.25) is 0 Å². The van der Waals surface area contributed by atoms with Gasteiger partial charge >= 0.3 is 0 Å². The molecule has 3 heteroatoms. The molecule has 0 aliphatic carbocycles. The van der Waals surface area contributed by atoms with Crippen molar-refractivity contribution < 1.29 is 5.11 Å². The van der Waals surface area contributed by atoms with Crippen molar-refractivity contribution in [1.29, 1.82) is 0 Å². The summed E-state index contributed by atoms with van der Waals surface area (Å²) in [6.45, 7) is 7.93. The normalized spacial score (nSPS) is 33.2. The number of nitrogens with two attached hydrogens (primary N) is 1. The average molecular weight is 186 g/mol. The standard InChI is InChI=1S/C10H22N2O/c1-8-3-4-12(6-9(8)2)7-10(13)5-11/h8-10,13H,3-7,11H2,1-2H3. The molecule has 3 nitrogen and oxygen atoms in total. The molecule has 1 rings (SSSR count). The molecule has 1 aliphatic rings. The van der Waals surface area contributed by atoms with Crippen LogP contribution in [0.3, 0.4) is 0 Å². The Labute approximate surface area is 80.9 Å². The van der Waals surface area contributed by atoms with Crippen LogP contribution in [0.1, 0.15) is 20.3 Å². The van der Waals surface area contributed by atoms with Crippen molar-refractivity contribution in [2.45, 2.75) is 26.4 Å². The van der Waals surface area contributed by atoms with Crippen LogP contribution in [-0.4, -0.2) is 42.3 Å². The SMILES string of the molecule is CC1CCN(CC(O)CN)CC1C. The molecule has 0 radical (unpaired) electrons. The Morgan fingerprint density at radius 3 is 2.69 bits per heavy atom. The molecule has 0 aromatic carbocycles. The third-order valence-corrected chi connectivity index (χ3v) is 3.16. The van der Waals surface area contributed by atoms with Crippen molar-refractivity contribution in [3.8, 4) is 0 Å². The maximum absolute atomic E-state index is 9.40. The zero-order valence-corrected chi connectivity index (χ0v) is 8.74. The number of aliphatic hydroxyl groups is 1. The fraction of sp³-hybridized carbons (Fsp3) is 1.00. The molecule has 0 amide bonds. The summed E-state index contributed by atoms with van der Waals surface area (Å²) in [5.41, 5.74) is 5.37. The van der Waals surface area contributed by atoms with Crippen LogP contribution in [-0.2, 0) is 0 Å². The highest BCUT2D eigenvalue weighted by molar-refractivity contribution is 4.76. The molecule has 1 heterocycles. The van der Waals surface area contributed by atoms with Crippen LogP contribution in [0.25, 0.3) is 0 Å². The highest BCUT2D eigenvalue weighted by Crippen LogP contribution is 2.22. The Kier molecular flexibility index (Phi) is 4.16. The lowest BCUT2D eigenvalue weighted by molar-refractivity contribution is 0.0746. The number of hydrogen-bond acceptors (Lipinski definition) is 3. The second-order valence-electron chi connectivity index (χ2n) is 4.39. The molecule has 0 bridgehead atoms. The molecular formula is C10H22N2O. The van der Waals surface area contributed by atoms with Crippen molar-refractivity contribution in [1.82, 2.24) is 4.90 Å². The summed E-state index contributed by atoms with van der Waals surface area (Å²) >= 11 is 0. The third-order valence-electron chi connectivity index (χ3n) is 3.16. The molecule has 1 fully saturated rings. The molecule has 1 aliphatic heterocycles. The van der Waals surface area contributed by atoms with Gasteiger partial charge in [-0.05, 0) is 24.8 Å². The summed E-state index contributed by atoms with van der Waals surface area (Å²) < 4.78 is 0. The van der Waals surface area contributed by atoms with Gasteiger partial charge < -0.3 is 15.7 Å². The zero-order valence-electron chi connectivity index (χ0n) is 8.74. The van der Waals surface area contributed by atoms with Crippen LogP contribution < -0.4 is 5.73 Å². The predicted octanol–water partition coefficient (Wildman–Crippen LogP) is 0.284. The maximum Gasteiger partial charge on any atom is 0.0789 e. The number of hydrogen-bond donors (Lipinski definition) is 2. The van der Waals surface area contributed by atoms with E-state index in [1.54, 1.807) is 0 Å². The van der Waals surface area contributed by atoms with Gasteiger partial charge in [0.1, 0.15) is 0 Å². The van der Waals surface area contributed by atoms with Crippen LogP contribution in [0, 0.1) is 11.8 Å². The van der Waals surface area contributed by atoms with E-state index in [-0.39, 0.29) is 6.10 Å². The summed E-state index contributed by atoms with van der Waals surface area (Å²) in [6, 6.07) is 0. The minimum Gasteiger partial charge on any atom is -0.390 e. The fourth-order valence-electron chi connectivity index (χ4n) is 1.89. The van der Waals surface area contributed by atoms with E-state index in [1.165, 1.54) is 6.42 Å². The first kappa shape index (κ1) is 11.0. The van der Waals surface area contributed by atoms with E-state index < -0.39 is 0 Å². The molecule has 3 N–H and O–H groups in total. The molecule has 13 heavy (non-hydrogen) atoms. The minimum atomic E-state index is -0.347. The second-order valence-corrected chi connectivity index (χ2v) is 4.39. The average Bonchev–Trinajstić information content (AvgIpc) is 2.11. The summed E-state index contributed by atoms with van der Waals surface area (Å²) in [6.07, 6.45) is 0.902. The molecule has 0 aromatic heterocycles. The monoisotopic (exact) mass is 186 g/mol. The Hall–Kier alpha value is -0.120. The summed E-state index contributed by atoms with van der Waals surface area (Å²) in [4.78, 5) is 2.32. The van der Waals surface area contributed by atoms with E-state index in [2.05, 4.69) is 18.7 Å². The molecule has 0 aromatic rings. The van der Waals surface area contributed by atoms with Crippen molar-refractivity contribution >= 4 is 0 Å². The zero-order chi connectivity index (χ0) is 9.84. The van der Waals surface area contributed by atoms with Gasteiger partial charge in [-0.25, -0.2) is 0 Å². The molecule has 3 atom stereocenters. The van der Waals surface area contributed by atoms with Gasteiger partial charge in [0.15, 0.2) is 0 Å². The van der Waals surface area contributed by atoms with Crippen molar-refractivity contribution in [3.05, 3.63) is 0 Å². The Morgan fingerprint density at radius 2 is 2.15 bits per heavy atom. The van der Waals surface area contributed by atoms with E-state index in [0.29, 0.717) is 6.54 Å². The number of rotatable bonds is 3. The van der Waals surface area contributed by atoms with Gasteiger partial charge in [-0.1, -0.05) is 13.8 Å². The van der Waals surface area contributed by atoms with Gasteiger partial charge in [0.2, 0.25) is 0 Å². The first-order valence-electron chi connectivity index (χ1n) is 5.24. The lowest BCUT2D eigenvalue weighted by Crippen LogP contribution is -2.43. The van der Waals surface area contributed by atoms with E-state index in [4.69, 9.17) is 5.73 Å². The topological polar surface area (TPSA) is 49.5 Å². The molecular weight excluding hydrogens is 164 g/mol. The largest absolute Gasteiger partial charge is 0.390 e. The van der Waals surface area contributed by atoms with Crippen LogP contribution in [0.15, 0.2) is 0 Å². The van der Waals surface area contributed by atoms with E-state index in [9.17, 15) is 5.11 Å². The summed E-state index contributed by atoms with van der Waals surface area (Å²) in [5.74, 6) is 1.57. The fourth-order valence-corrected chi connectivity index (χ4v) is 1.89. The summed E-state index contributed by atoms with van der Waals surface area (Å²) in [7, 11) is 0. The van der Waals surface area contributed by atoms with Gasteiger partial charge in [0.05, 0.1) is 6.10 Å². The highest BCUT2D eigenvalue weighted by atomic mass is 16.3. The smallest absolute Gasteiger partial charge is 0.0789 e. The lowest BCUT2D eigenvalue weighted by Gasteiger charge is -2.36. The molecule has 0 saturated carbocycles. The first-order chi connectivity index (χ1) is 6.13. The van der Waals surface area contributed by atoms with Crippen LogP contribution in [0.5, 0.6) is 0 Å². The number of aliphatic hydroxyl groups excluding tert-OH is 1. The Bertz CT molecular complexity index is 150. The molecule has 3 unspecified atom stereocenters. The van der Waals surface area contributed by atoms with Gasteiger partial charge in [0, 0.05) is 19.6 Å². The second kappa shape index (κ2) is 4.94. The molecule has 0 spiro atoms. The van der Waals surface area contributed by atoms with E-state index in [0.717, 1.165) is 31.5 Å². The number of likely N-dealkylation sites (tertiary alicyclic amines) is 1. The maximum atomic E-state index is 9.40.